The number of aryl methyl sites for hydroxylation is 1. The summed E-state index contributed by atoms with van der Waals surface area (Å²) in [6.45, 7) is 1.96. The van der Waals surface area contributed by atoms with Crippen LogP contribution in [0.25, 0.3) is 10.9 Å². The predicted molar refractivity (Wildman–Crippen MR) is 93.8 cm³/mol. The van der Waals surface area contributed by atoms with Gasteiger partial charge in [0.2, 0.25) is 0 Å². The molecule has 0 radical (unpaired) electrons. The van der Waals surface area contributed by atoms with Gasteiger partial charge in [0.05, 0.1) is 5.92 Å². The van der Waals surface area contributed by atoms with E-state index in [1.807, 2.05) is 25.1 Å². The SMILES string of the molecule is Cc1cccc2c(C(CC(=O)c3ccc(Cl)cc3)C(=O)O)c[nH]c12. The van der Waals surface area contributed by atoms with E-state index in [1.54, 1.807) is 30.5 Å². The number of Topliss-reactive ketones (excluding diaryl/α,β-unsaturated/α-hetero) is 1. The molecule has 3 aromatic rings. The highest BCUT2D eigenvalue weighted by atomic mass is 35.5. The van der Waals surface area contributed by atoms with Crippen molar-refractivity contribution in [2.45, 2.75) is 19.3 Å². The minimum atomic E-state index is -1.01. The second-order valence-electron chi connectivity index (χ2n) is 5.77. The summed E-state index contributed by atoms with van der Waals surface area (Å²) in [5.74, 6) is -2.13. The van der Waals surface area contributed by atoms with Crippen molar-refractivity contribution < 1.29 is 14.7 Å². The number of carboxylic acid groups (broad SMARTS) is 1. The Morgan fingerprint density at radius 3 is 2.54 bits per heavy atom. The van der Waals surface area contributed by atoms with Crippen molar-refractivity contribution in [1.29, 1.82) is 0 Å². The summed E-state index contributed by atoms with van der Waals surface area (Å²) >= 11 is 5.82. The molecule has 1 heterocycles. The summed E-state index contributed by atoms with van der Waals surface area (Å²) in [5.41, 5.74) is 3.02. The zero-order valence-electron chi connectivity index (χ0n) is 13.0. The third kappa shape index (κ3) is 3.05. The predicted octanol–water partition coefficient (Wildman–Crippen LogP) is 4.57. The van der Waals surface area contributed by atoms with Crippen LogP contribution in [-0.2, 0) is 4.79 Å². The van der Waals surface area contributed by atoms with Crippen molar-refractivity contribution in [2.24, 2.45) is 0 Å². The van der Waals surface area contributed by atoms with Gasteiger partial charge in [-0.05, 0) is 42.3 Å². The summed E-state index contributed by atoms with van der Waals surface area (Å²) in [6, 6.07) is 12.2. The minimum absolute atomic E-state index is 0.0993. The molecule has 1 aromatic heterocycles. The van der Waals surface area contributed by atoms with Crippen molar-refractivity contribution in [2.75, 3.05) is 0 Å². The fourth-order valence-electron chi connectivity index (χ4n) is 2.89. The Hall–Kier alpha value is -2.59. The molecule has 0 aliphatic rings. The van der Waals surface area contributed by atoms with Crippen LogP contribution < -0.4 is 0 Å². The third-order valence-electron chi connectivity index (χ3n) is 4.19. The molecule has 0 saturated heterocycles. The largest absolute Gasteiger partial charge is 0.481 e. The Morgan fingerprint density at radius 2 is 1.88 bits per heavy atom. The zero-order valence-corrected chi connectivity index (χ0v) is 13.8. The molecule has 0 saturated carbocycles. The number of H-pyrrole nitrogens is 1. The van der Waals surface area contributed by atoms with Gasteiger partial charge in [-0.2, -0.15) is 0 Å². The summed E-state index contributed by atoms with van der Waals surface area (Å²) < 4.78 is 0. The second-order valence-corrected chi connectivity index (χ2v) is 6.20. The Bertz CT molecular complexity index is 912. The van der Waals surface area contributed by atoms with E-state index in [9.17, 15) is 14.7 Å². The Kier molecular flexibility index (Phi) is 4.40. The maximum Gasteiger partial charge on any atom is 0.311 e. The van der Waals surface area contributed by atoms with Crippen molar-refractivity contribution >= 4 is 34.3 Å². The molecular weight excluding hydrogens is 326 g/mol. The quantitative estimate of drug-likeness (QED) is 0.668. The molecule has 122 valence electrons. The third-order valence-corrected chi connectivity index (χ3v) is 4.44. The fraction of sp³-hybridized carbons (Fsp3) is 0.158. The lowest BCUT2D eigenvalue weighted by Gasteiger charge is -2.11. The summed E-state index contributed by atoms with van der Waals surface area (Å²) in [4.78, 5) is 27.3. The van der Waals surface area contributed by atoms with Gasteiger partial charge < -0.3 is 10.1 Å². The van der Waals surface area contributed by atoms with Crippen LogP contribution >= 0.6 is 11.6 Å². The Labute approximate surface area is 144 Å². The molecule has 5 heteroatoms. The lowest BCUT2D eigenvalue weighted by molar-refractivity contribution is -0.138. The van der Waals surface area contributed by atoms with Crippen LogP contribution in [0.3, 0.4) is 0 Å². The average molecular weight is 342 g/mol. The van der Waals surface area contributed by atoms with E-state index < -0.39 is 11.9 Å². The van der Waals surface area contributed by atoms with Crippen LogP contribution in [-0.4, -0.2) is 21.8 Å². The second kappa shape index (κ2) is 6.49. The molecule has 0 aliphatic heterocycles. The lowest BCUT2D eigenvalue weighted by atomic mass is 9.91. The Balaban J connectivity index is 1.95. The van der Waals surface area contributed by atoms with E-state index in [0.29, 0.717) is 16.1 Å². The first kappa shape index (κ1) is 16.3. The van der Waals surface area contributed by atoms with Gasteiger partial charge >= 0.3 is 5.97 Å². The first-order valence-electron chi connectivity index (χ1n) is 7.55. The molecule has 0 spiro atoms. The van der Waals surface area contributed by atoms with Crippen LogP contribution in [0.15, 0.2) is 48.7 Å². The summed E-state index contributed by atoms with van der Waals surface area (Å²) in [7, 11) is 0. The maximum absolute atomic E-state index is 12.5. The van der Waals surface area contributed by atoms with E-state index in [4.69, 9.17) is 11.6 Å². The highest BCUT2D eigenvalue weighted by Crippen LogP contribution is 2.30. The number of nitrogens with one attached hydrogen (secondary N) is 1. The molecular formula is C19H16ClNO3. The number of halogens is 1. The zero-order chi connectivity index (χ0) is 17.3. The molecule has 4 nitrogen and oxygen atoms in total. The van der Waals surface area contributed by atoms with Gasteiger partial charge in [0.15, 0.2) is 5.78 Å². The number of hydrogen-bond acceptors (Lipinski definition) is 2. The maximum atomic E-state index is 12.5. The highest BCUT2D eigenvalue weighted by Gasteiger charge is 2.26. The van der Waals surface area contributed by atoms with Crippen molar-refractivity contribution in [1.82, 2.24) is 4.98 Å². The molecule has 1 unspecified atom stereocenters. The van der Waals surface area contributed by atoms with E-state index in [2.05, 4.69) is 4.98 Å². The lowest BCUT2D eigenvalue weighted by Crippen LogP contribution is -2.16. The summed E-state index contributed by atoms with van der Waals surface area (Å²) in [6.07, 6.45) is 1.59. The number of ketones is 1. The number of aromatic amines is 1. The number of carboxylic acids is 1. The topological polar surface area (TPSA) is 70.2 Å². The molecule has 0 amide bonds. The van der Waals surface area contributed by atoms with E-state index >= 15 is 0 Å². The van der Waals surface area contributed by atoms with Gasteiger partial charge in [-0.25, -0.2) is 0 Å². The van der Waals surface area contributed by atoms with Gasteiger partial charge in [-0.15, -0.1) is 0 Å². The van der Waals surface area contributed by atoms with E-state index in [-0.39, 0.29) is 12.2 Å². The number of rotatable bonds is 5. The molecule has 2 aromatic carbocycles. The van der Waals surface area contributed by atoms with Gasteiger partial charge in [-0.1, -0.05) is 29.8 Å². The standard InChI is InChI=1S/C19H16ClNO3/c1-11-3-2-4-14-16(10-21-18(11)14)15(19(23)24)9-17(22)12-5-7-13(20)8-6-12/h2-8,10,15,21H,9H2,1H3,(H,23,24). The van der Waals surface area contributed by atoms with Gasteiger partial charge in [0.25, 0.3) is 0 Å². The monoisotopic (exact) mass is 341 g/mol. The van der Waals surface area contributed by atoms with Crippen LogP contribution in [0.5, 0.6) is 0 Å². The number of carbonyl (C=O) groups excluding carboxylic acids is 1. The highest BCUT2D eigenvalue weighted by molar-refractivity contribution is 6.30. The molecule has 24 heavy (non-hydrogen) atoms. The van der Waals surface area contributed by atoms with Gasteiger partial charge in [0.1, 0.15) is 0 Å². The molecule has 0 fully saturated rings. The smallest absolute Gasteiger partial charge is 0.311 e. The average Bonchev–Trinajstić information content (AvgIpc) is 2.98. The van der Waals surface area contributed by atoms with Crippen molar-refractivity contribution in [3.05, 3.63) is 70.4 Å². The molecule has 1 atom stereocenters. The van der Waals surface area contributed by atoms with Crippen molar-refractivity contribution in [3.63, 3.8) is 0 Å². The normalized spacial score (nSPS) is 12.2. The Morgan fingerprint density at radius 1 is 1.17 bits per heavy atom. The van der Waals surface area contributed by atoms with Crippen LogP contribution in [0, 0.1) is 6.92 Å². The first-order valence-corrected chi connectivity index (χ1v) is 7.93. The van der Waals surface area contributed by atoms with Crippen LogP contribution in [0.2, 0.25) is 5.02 Å². The summed E-state index contributed by atoms with van der Waals surface area (Å²) in [5, 5.41) is 11.0. The number of hydrogen-bond donors (Lipinski definition) is 2. The fourth-order valence-corrected chi connectivity index (χ4v) is 3.01. The van der Waals surface area contributed by atoms with Crippen LogP contribution in [0.4, 0.5) is 0 Å². The number of fused-ring (bicyclic) bond motifs is 1. The number of para-hydroxylation sites is 1. The number of carbonyl (C=O) groups is 2. The first-order chi connectivity index (χ1) is 11.5. The van der Waals surface area contributed by atoms with Gasteiger partial charge in [-0.3, -0.25) is 9.59 Å². The van der Waals surface area contributed by atoms with Crippen molar-refractivity contribution in [3.8, 4) is 0 Å². The molecule has 2 N–H and O–H groups in total. The molecule has 0 bridgehead atoms. The van der Waals surface area contributed by atoms with Crippen LogP contribution in [0.1, 0.15) is 33.8 Å². The molecule has 0 aliphatic carbocycles. The van der Waals surface area contributed by atoms with Gasteiger partial charge in [0, 0.05) is 34.1 Å². The molecule has 3 rings (SSSR count). The number of benzene rings is 2. The van der Waals surface area contributed by atoms with E-state index in [0.717, 1.165) is 16.5 Å². The minimum Gasteiger partial charge on any atom is -0.481 e. The number of aromatic nitrogens is 1. The number of aliphatic carboxylic acids is 1. The van der Waals surface area contributed by atoms with E-state index in [1.165, 1.54) is 0 Å².